The Bertz CT molecular complexity index is 1230. The zero-order valence-corrected chi connectivity index (χ0v) is 20.0. The molecule has 2 amide bonds. The number of nitrogens with zero attached hydrogens (tertiary/aromatic N) is 1. The standard InChI is InChI=1S/C30H29FN2O3/c31-26-16-13-25(14-17-26)22-33(29(34)18-15-23-8-3-1-4-9-23)28(20-24-10-5-2-6-11-24)30(35)32-21-27-12-7-19-36-27/h1-14,16-17,19,28H,15,18,20-22H2,(H,32,35)/t28-/m1/s1. The molecule has 1 N–H and O–H groups in total. The molecule has 0 aliphatic carbocycles. The first-order valence-electron chi connectivity index (χ1n) is 12.0. The largest absolute Gasteiger partial charge is 0.467 e. The van der Waals surface area contributed by atoms with Crippen molar-refractivity contribution in [3.63, 3.8) is 0 Å². The first kappa shape index (κ1) is 24.9. The molecule has 36 heavy (non-hydrogen) atoms. The zero-order valence-electron chi connectivity index (χ0n) is 20.0. The van der Waals surface area contributed by atoms with Crippen molar-refractivity contribution in [3.8, 4) is 0 Å². The number of benzene rings is 3. The van der Waals surface area contributed by atoms with E-state index in [4.69, 9.17) is 4.42 Å². The van der Waals surface area contributed by atoms with E-state index in [0.29, 0.717) is 18.6 Å². The molecule has 0 spiro atoms. The van der Waals surface area contributed by atoms with E-state index < -0.39 is 6.04 Å². The van der Waals surface area contributed by atoms with Crippen LogP contribution in [-0.4, -0.2) is 22.8 Å². The Morgan fingerprint density at radius 1 is 0.806 bits per heavy atom. The summed E-state index contributed by atoms with van der Waals surface area (Å²) >= 11 is 0. The summed E-state index contributed by atoms with van der Waals surface area (Å²) < 4.78 is 18.9. The Morgan fingerprint density at radius 3 is 2.11 bits per heavy atom. The van der Waals surface area contributed by atoms with Crippen LogP contribution < -0.4 is 5.32 Å². The highest BCUT2D eigenvalue weighted by Crippen LogP contribution is 2.17. The zero-order chi connectivity index (χ0) is 25.2. The maximum absolute atomic E-state index is 13.6. The van der Waals surface area contributed by atoms with E-state index in [-0.39, 0.29) is 37.1 Å². The van der Waals surface area contributed by atoms with Crippen molar-refractivity contribution in [1.82, 2.24) is 10.2 Å². The predicted molar refractivity (Wildman–Crippen MR) is 136 cm³/mol. The minimum absolute atomic E-state index is 0.141. The second-order valence-corrected chi connectivity index (χ2v) is 8.64. The number of amides is 2. The van der Waals surface area contributed by atoms with Crippen LogP contribution >= 0.6 is 0 Å². The molecule has 0 saturated heterocycles. The van der Waals surface area contributed by atoms with Crippen LogP contribution in [-0.2, 0) is 35.5 Å². The van der Waals surface area contributed by atoms with Gasteiger partial charge in [-0.1, -0.05) is 72.8 Å². The molecule has 6 heteroatoms. The van der Waals surface area contributed by atoms with Crippen LogP contribution in [0, 0.1) is 5.82 Å². The van der Waals surface area contributed by atoms with E-state index in [2.05, 4.69) is 5.32 Å². The molecule has 4 aromatic rings. The van der Waals surface area contributed by atoms with Crippen LogP contribution in [0.1, 0.15) is 28.9 Å². The minimum atomic E-state index is -0.754. The van der Waals surface area contributed by atoms with E-state index in [1.807, 2.05) is 60.7 Å². The van der Waals surface area contributed by atoms with E-state index in [0.717, 1.165) is 16.7 Å². The summed E-state index contributed by atoms with van der Waals surface area (Å²) in [5.41, 5.74) is 2.74. The van der Waals surface area contributed by atoms with Crippen LogP contribution in [0.4, 0.5) is 4.39 Å². The highest BCUT2D eigenvalue weighted by Gasteiger charge is 2.30. The third kappa shape index (κ3) is 7.15. The Kier molecular flexibility index (Phi) is 8.65. The van der Waals surface area contributed by atoms with E-state index >= 15 is 0 Å². The summed E-state index contributed by atoms with van der Waals surface area (Å²) in [6, 6.07) is 28.2. The number of hydrogen-bond acceptors (Lipinski definition) is 3. The van der Waals surface area contributed by atoms with Crippen molar-refractivity contribution in [3.05, 3.63) is 132 Å². The van der Waals surface area contributed by atoms with Crippen LogP contribution in [0.25, 0.3) is 0 Å². The lowest BCUT2D eigenvalue weighted by Crippen LogP contribution is -2.50. The quantitative estimate of drug-likeness (QED) is 0.314. The molecule has 1 aromatic heterocycles. The number of halogens is 1. The summed E-state index contributed by atoms with van der Waals surface area (Å²) in [4.78, 5) is 28.7. The minimum Gasteiger partial charge on any atom is -0.467 e. The molecule has 0 bridgehead atoms. The highest BCUT2D eigenvalue weighted by atomic mass is 19.1. The van der Waals surface area contributed by atoms with Gasteiger partial charge in [-0.3, -0.25) is 9.59 Å². The van der Waals surface area contributed by atoms with Gasteiger partial charge >= 0.3 is 0 Å². The van der Waals surface area contributed by atoms with Crippen molar-refractivity contribution in [2.75, 3.05) is 0 Å². The van der Waals surface area contributed by atoms with Crippen molar-refractivity contribution in [1.29, 1.82) is 0 Å². The number of carbonyl (C=O) groups is 2. The molecule has 1 heterocycles. The molecule has 5 nitrogen and oxygen atoms in total. The fraction of sp³-hybridized carbons (Fsp3) is 0.200. The Hall–Kier alpha value is -4.19. The summed E-state index contributed by atoms with van der Waals surface area (Å²) in [6.45, 7) is 0.416. The number of nitrogens with one attached hydrogen (secondary N) is 1. The number of rotatable bonds is 11. The molecule has 184 valence electrons. The van der Waals surface area contributed by atoms with Gasteiger partial charge in [-0.15, -0.1) is 0 Å². The lowest BCUT2D eigenvalue weighted by Gasteiger charge is -2.31. The molecule has 4 rings (SSSR count). The maximum atomic E-state index is 13.6. The van der Waals surface area contributed by atoms with Gasteiger partial charge in [-0.25, -0.2) is 4.39 Å². The molecule has 1 atom stereocenters. The van der Waals surface area contributed by atoms with Gasteiger partial charge < -0.3 is 14.6 Å². The van der Waals surface area contributed by atoms with Crippen molar-refractivity contribution in [2.45, 2.75) is 38.4 Å². The molecule has 0 aliphatic rings. The average Bonchev–Trinajstić information content (AvgIpc) is 3.44. The van der Waals surface area contributed by atoms with Gasteiger partial charge in [0.25, 0.3) is 0 Å². The summed E-state index contributed by atoms with van der Waals surface area (Å²) in [6.07, 6.45) is 2.72. The first-order chi connectivity index (χ1) is 17.6. The van der Waals surface area contributed by atoms with Gasteiger partial charge in [0.2, 0.25) is 11.8 Å². The van der Waals surface area contributed by atoms with Crippen molar-refractivity contribution in [2.24, 2.45) is 0 Å². The SMILES string of the molecule is O=C(NCc1ccco1)[C@@H](Cc1ccccc1)N(Cc1ccc(F)cc1)C(=O)CCc1ccccc1. The maximum Gasteiger partial charge on any atom is 0.243 e. The fourth-order valence-corrected chi connectivity index (χ4v) is 4.09. The lowest BCUT2D eigenvalue weighted by molar-refractivity contribution is -0.141. The number of carbonyl (C=O) groups excluding carboxylic acids is 2. The molecule has 0 unspecified atom stereocenters. The summed E-state index contributed by atoms with van der Waals surface area (Å²) in [7, 11) is 0. The number of hydrogen-bond donors (Lipinski definition) is 1. The first-order valence-corrected chi connectivity index (χ1v) is 12.0. The lowest BCUT2D eigenvalue weighted by atomic mass is 10.0. The van der Waals surface area contributed by atoms with E-state index in [1.54, 1.807) is 35.4 Å². The normalized spacial score (nSPS) is 11.6. The summed E-state index contributed by atoms with van der Waals surface area (Å²) in [5.74, 6) is -0.136. The third-order valence-electron chi connectivity index (χ3n) is 6.02. The molecule has 0 saturated carbocycles. The Balaban J connectivity index is 1.60. The van der Waals surface area contributed by atoms with Crippen molar-refractivity contribution < 1.29 is 18.4 Å². The second-order valence-electron chi connectivity index (χ2n) is 8.64. The fourth-order valence-electron chi connectivity index (χ4n) is 4.09. The smallest absolute Gasteiger partial charge is 0.243 e. The van der Waals surface area contributed by atoms with Gasteiger partial charge in [0.1, 0.15) is 17.6 Å². The van der Waals surface area contributed by atoms with E-state index in [9.17, 15) is 14.0 Å². The monoisotopic (exact) mass is 484 g/mol. The molecule has 0 aliphatic heterocycles. The summed E-state index contributed by atoms with van der Waals surface area (Å²) in [5, 5.41) is 2.92. The molecule has 3 aromatic carbocycles. The van der Waals surface area contributed by atoms with Crippen LogP contribution in [0.3, 0.4) is 0 Å². The molecular formula is C30H29FN2O3. The van der Waals surface area contributed by atoms with Crippen LogP contribution in [0.15, 0.2) is 108 Å². The molecular weight excluding hydrogens is 455 g/mol. The molecule has 0 fully saturated rings. The highest BCUT2D eigenvalue weighted by molar-refractivity contribution is 5.88. The van der Waals surface area contributed by atoms with Gasteiger partial charge in [-0.05, 0) is 47.4 Å². The number of furan rings is 1. The average molecular weight is 485 g/mol. The molecule has 0 radical (unpaired) electrons. The van der Waals surface area contributed by atoms with Gasteiger partial charge in [-0.2, -0.15) is 0 Å². The van der Waals surface area contributed by atoms with Gasteiger partial charge in [0, 0.05) is 19.4 Å². The van der Waals surface area contributed by atoms with Gasteiger partial charge in [0.05, 0.1) is 12.8 Å². The van der Waals surface area contributed by atoms with Crippen LogP contribution in [0.2, 0.25) is 0 Å². The third-order valence-corrected chi connectivity index (χ3v) is 6.02. The van der Waals surface area contributed by atoms with Crippen molar-refractivity contribution >= 4 is 11.8 Å². The predicted octanol–water partition coefficient (Wildman–Crippen LogP) is 5.31. The van der Waals surface area contributed by atoms with Gasteiger partial charge in [0.15, 0.2) is 0 Å². The second kappa shape index (κ2) is 12.5. The Morgan fingerprint density at radius 2 is 1.47 bits per heavy atom. The van der Waals surface area contributed by atoms with E-state index in [1.165, 1.54) is 12.1 Å². The van der Waals surface area contributed by atoms with Crippen LogP contribution in [0.5, 0.6) is 0 Å². The number of aryl methyl sites for hydroxylation is 1. The topological polar surface area (TPSA) is 62.6 Å². The Labute approximate surface area is 210 Å².